The zero-order valence-electron chi connectivity index (χ0n) is 13.6. The number of sulfone groups is 1. The summed E-state index contributed by atoms with van der Waals surface area (Å²) in [7, 11) is -3.35. The molecule has 25 heavy (non-hydrogen) atoms. The first-order valence-electron chi connectivity index (χ1n) is 7.58. The molecule has 2 rings (SSSR count). The highest BCUT2D eigenvalue weighted by atomic mass is 32.2. The highest BCUT2D eigenvalue weighted by Gasteiger charge is 2.13. The highest BCUT2D eigenvalue weighted by molar-refractivity contribution is 7.94. The predicted molar refractivity (Wildman–Crippen MR) is 99.5 cm³/mol. The molecule has 0 aliphatic heterocycles. The Hall–Kier alpha value is -1.78. The van der Waals surface area contributed by atoms with Crippen LogP contribution in [0, 0.1) is 0 Å². The highest BCUT2D eigenvalue weighted by Crippen LogP contribution is 2.21. The van der Waals surface area contributed by atoms with Crippen LogP contribution < -0.4 is 16.8 Å². The van der Waals surface area contributed by atoms with Gasteiger partial charge in [-0.3, -0.25) is 0 Å². The summed E-state index contributed by atoms with van der Waals surface area (Å²) >= 11 is 1.06. The van der Waals surface area contributed by atoms with E-state index in [9.17, 15) is 8.42 Å². The summed E-state index contributed by atoms with van der Waals surface area (Å²) in [6.07, 6.45) is 0. The maximum Gasteiger partial charge on any atom is 0.179 e. The van der Waals surface area contributed by atoms with Gasteiger partial charge in [0.2, 0.25) is 0 Å². The Morgan fingerprint density at radius 3 is 2.44 bits per heavy atom. The molecular formula is C16H21N3O4S2. The van der Waals surface area contributed by atoms with Crippen molar-refractivity contribution in [2.24, 2.45) is 0 Å². The third-order valence-corrected chi connectivity index (χ3v) is 5.49. The van der Waals surface area contributed by atoms with Gasteiger partial charge in [-0.15, -0.1) is 0 Å². The van der Waals surface area contributed by atoms with Crippen molar-refractivity contribution in [1.29, 1.82) is 0 Å². The molecule has 0 saturated carbocycles. The number of rotatable bonds is 10. The fourth-order valence-electron chi connectivity index (χ4n) is 1.93. The molecule has 0 amide bonds. The molecule has 0 saturated heterocycles. The molecule has 0 atom stereocenters. The van der Waals surface area contributed by atoms with Gasteiger partial charge in [-0.1, -0.05) is 12.1 Å². The van der Waals surface area contributed by atoms with Crippen molar-refractivity contribution < 1.29 is 17.6 Å². The summed E-state index contributed by atoms with van der Waals surface area (Å²) in [5.74, 6) is -0.0185. The van der Waals surface area contributed by atoms with Crippen LogP contribution in [-0.4, -0.2) is 33.9 Å². The van der Waals surface area contributed by atoms with Crippen LogP contribution in [0.4, 0.5) is 11.4 Å². The minimum Gasteiger partial charge on any atom is -0.399 e. The molecule has 0 spiro atoms. The van der Waals surface area contributed by atoms with E-state index in [-0.39, 0.29) is 17.3 Å². The van der Waals surface area contributed by atoms with Crippen molar-refractivity contribution in [3.05, 3.63) is 48.5 Å². The SMILES string of the molecule is Nc1cccc(SOOCCNCCS(=O)(=O)c2cccc(N)c2)c1. The molecule has 0 heterocycles. The molecule has 0 unspecified atom stereocenters. The molecule has 0 fully saturated rings. The second-order valence-electron chi connectivity index (χ2n) is 5.19. The number of hydrogen-bond acceptors (Lipinski definition) is 8. The average Bonchev–Trinajstić information content (AvgIpc) is 2.57. The lowest BCUT2D eigenvalue weighted by Crippen LogP contribution is -2.26. The van der Waals surface area contributed by atoms with Gasteiger partial charge in [-0.2, -0.15) is 4.33 Å². The Morgan fingerprint density at radius 2 is 1.72 bits per heavy atom. The normalized spacial score (nSPS) is 11.5. The van der Waals surface area contributed by atoms with E-state index in [0.29, 0.717) is 24.5 Å². The molecule has 0 radical (unpaired) electrons. The van der Waals surface area contributed by atoms with Gasteiger partial charge in [0.1, 0.15) is 0 Å². The van der Waals surface area contributed by atoms with Crippen molar-refractivity contribution in [1.82, 2.24) is 5.32 Å². The predicted octanol–water partition coefficient (Wildman–Crippen LogP) is 1.87. The van der Waals surface area contributed by atoms with E-state index in [0.717, 1.165) is 16.9 Å². The minimum atomic E-state index is -3.35. The van der Waals surface area contributed by atoms with Crippen LogP contribution >= 0.6 is 12.0 Å². The van der Waals surface area contributed by atoms with Crippen molar-refractivity contribution in [3.63, 3.8) is 0 Å². The Labute approximate surface area is 151 Å². The van der Waals surface area contributed by atoms with Crippen LogP contribution in [-0.2, 0) is 19.1 Å². The van der Waals surface area contributed by atoms with E-state index in [4.69, 9.17) is 20.7 Å². The summed E-state index contributed by atoms with van der Waals surface area (Å²) in [4.78, 5) is 6.07. The summed E-state index contributed by atoms with van der Waals surface area (Å²) in [5.41, 5.74) is 12.3. The summed E-state index contributed by atoms with van der Waals surface area (Å²) in [5, 5.41) is 2.99. The third-order valence-electron chi connectivity index (χ3n) is 3.16. The fourth-order valence-corrected chi connectivity index (χ4v) is 3.70. The van der Waals surface area contributed by atoms with E-state index in [2.05, 4.69) is 5.32 Å². The molecule has 7 nitrogen and oxygen atoms in total. The van der Waals surface area contributed by atoms with E-state index >= 15 is 0 Å². The number of nitrogens with two attached hydrogens (primary N) is 2. The molecule has 5 N–H and O–H groups in total. The van der Waals surface area contributed by atoms with Gasteiger partial charge in [0.25, 0.3) is 0 Å². The first-order valence-corrected chi connectivity index (χ1v) is 9.97. The lowest BCUT2D eigenvalue weighted by atomic mass is 10.3. The van der Waals surface area contributed by atoms with Gasteiger partial charge >= 0.3 is 0 Å². The Balaban J connectivity index is 1.59. The lowest BCUT2D eigenvalue weighted by Gasteiger charge is -2.07. The van der Waals surface area contributed by atoms with Gasteiger partial charge in [-0.25, -0.2) is 13.3 Å². The second kappa shape index (κ2) is 9.64. The van der Waals surface area contributed by atoms with Gasteiger partial charge in [-0.05, 0) is 36.4 Å². The molecule has 0 bridgehead atoms. The van der Waals surface area contributed by atoms with Gasteiger partial charge in [0.15, 0.2) is 9.84 Å². The molecule has 0 aromatic heterocycles. The second-order valence-corrected chi connectivity index (χ2v) is 8.07. The molecule has 2 aromatic carbocycles. The van der Waals surface area contributed by atoms with Gasteiger partial charge in [0, 0.05) is 29.4 Å². The Kier molecular flexibility index (Phi) is 7.53. The number of anilines is 2. The molecule has 2 aromatic rings. The standard InChI is InChI=1S/C16H21N3O4S2/c17-13-3-1-5-15(11-13)24-23-22-9-7-19-8-10-25(20,21)16-6-2-4-14(18)12-16/h1-6,11-12,19H,7-10,17-18H2. The third kappa shape index (κ3) is 6.92. The van der Waals surface area contributed by atoms with Crippen molar-refractivity contribution in [3.8, 4) is 0 Å². The number of benzene rings is 2. The van der Waals surface area contributed by atoms with Gasteiger partial charge < -0.3 is 16.8 Å². The molecular weight excluding hydrogens is 362 g/mol. The Morgan fingerprint density at radius 1 is 1.00 bits per heavy atom. The summed E-state index contributed by atoms with van der Waals surface area (Å²) in [6, 6.07) is 13.5. The Bertz CT molecular complexity index is 784. The van der Waals surface area contributed by atoms with E-state index < -0.39 is 9.84 Å². The van der Waals surface area contributed by atoms with Gasteiger partial charge in [0.05, 0.1) is 29.3 Å². The molecule has 0 aliphatic carbocycles. The summed E-state index contributed by atoms with van der Waals surface area (Å²) in [6.45, 7) is 1.06. The smallest absolute Gasteiger partial charge is 0.179 e. The van der Waals surface area contributed by atoms with Crippen molar-refractivity contribution in [2.45, 2.75) is 9.79 Å². The number of hydrogen-bond donors (Lipinski definition) is 3. The summed E-state index contributed by atoms with van der Waals surface area (Å²) < 4.78 is 29.3. The van der Waals surface area contributed by atoms with Crippen molar-refractivity contribution in [2.75, 3.05) is 36.9 Å². The maximum absolute atomic E-state index is 12.1. The number of nitrogen functional groups attached to an aromatic ring is 2. The monoisotopic (exact) mass is 383 g/mol. The van der Waals surface area contributed by atoms with Crippen LogP contribution in [0.3, 0.4) is 0 Å². The average molecular weight is 383 g/mol. The first kappa shape index (κ1) is 19.5. The van der Waals surface area contributed by atoms with Crippen LogP contribution in [0.15, 0.2) is 58.3 Å². The maximum atomic E-state index is 12.1. The minimum absolute atomic E-state index is 0.0185. The number of nitrogens with one attached hydrogen (secondary N) is 1. The van der Waals surface area contributed by atoms with E-state index in [1.165, 1.54) is 12.1 Å². The quantitative estimate of drug-likeness (QED) is 0.187. The topological polar surface area (TPSA) is 117 Å². The lowest BCUT2D eigenvalue weighted by molar-refractivity contribution is -0.188. The van der Waals surface area contributed by atoms with E-state index in [1.807, 2.05) is 12.1 Å². The zero-order chi connectivity index (χ0) is 18.1. The van der Waals surface area contributed by atoms with E-state index in [1.54, 1.807) is 24.3 Å². The molecule has 0 aliphatic rings. The first-order chi connectivity index (χ1) is 12.0. The van der Waals surface area contributed by atoms with Crippen molar-refractivity contribution >= 4 is 33.3 Å². The van der Waals surface area contributed by atoms with Crippen LogP contribution in [0.25, 0.3) is 0 Å². The van der Waals surface area contributed by atoms with Crippen LogP contribution in [0.5, 0.6) is 0 Å². The van der Waals surface area contributed by atoms with Crippen LogP contribution in [0.1, 0.15) is 0 Å². The van der Waals surface area contributed by atoms with Crippen LogP contribution in [0.2, 0.25) is 0 Å². The molecule has 9 heteroatoms. The fraction of sp³-hybridized carbons (Fsp3) is 0.250. The largest absolute Gasteiger partial charge is 0.399 e. The zero-order valence-corrected chi connectivity index (χ0v) is 15.2. The molecule has 136 valence electrons.